The molecule has 8 nitrogen and oxygen atoms in total. The summed E-state index contributed by atoms with van der Waals surface area (Å²) in [6.45, 7) is 7.73. The van der Waals surface area contributed by atoms with Crippen molar-refractivity contribution in [1.82, 2.24) is 20.5 Å². The number of aromatic nitrogens is 3. The van der Waals surface area contributed by atoms with Crippen molar-refractivity contribution in [2.75, 3.05) is 13.2 Å². The quantitative estimate of drug-likeness (QED) is 0.441. The summed E-state index contributed by atoms with van der Waals surface area (Å²) in [4.78, 5) is 16.5. The molecule has 0 aliphatic rings. The first-order chi connectivity index (χ1) is 16.3. The fourth-order valence-corrected chi connectivity index (χ4v) is 3.02. The van der Waals surface area contributed by atoms with Gasteiger partial charge in [0.25, 0.3) is 11.8 Å². The van der Waals surface area contributed by atoms with E-state index in [9.17, 15) is 9.18 Å². The molecule has 0 fully saturated rings. The maximum Gasteiger partial charge on any atom is 0.258 e. The second kappa shape index (κ2) is 11.6. The molecule has 0 atom stereocenters. The Morgan fingerprint density at radius 2 is 1.97 bits per heavy atom. The Kier molecular flexibility index (Phi) is 8.59. The number of ether oxygens (including phenoxy) is 2. The molecule has 0 unspecified atom stereocenters. The average Bonchev–Trinajstić information content (AvgIpc) is 3.30. The molecule has 34 heavy (non-hydrogen) atoms. The van der Waals surface area contributed by atoms with Gasteiger partial charge < -0.3 is 19.2 Å². The van der Waals surface area contributed by atoms with Gasteiger partial charge in [-0.2, -0.15) is 0 Å². The van der Waals surface area contributed by atoms with E-state index < -0.39 is 5.82 Å². The Balaban J connectivity index is 1.51. The summed E-state index contributed by atoms with van der Waals surface area (Å²) in [7, 11) is 0. The molecule has 3 aromatic rings. The van der Waals surface area contributed by atoms with Crippen LogP contribution in [0.15, 0.2) is 40.3 Å². The van der Waals surface area contributed by atoms with E-state index in [1.165, 1.54) is 12.1 Å². The molecular weight excluding hydrogens is 463 g/mol. The van der Waals surface area contributed by atoms with Gasteiger partial charge in [0.15, 0.2) is 13.2 Å². The Morgan fingerprint density at radius 1 is 1.18 bits per heavy atom. The number of nitrogens with one attached hydrogen (secondary N) is 1. The van der Waals surface area contributed by atoms with Crippen molar-refractivity contribution in [3.8, 4) is 11.5 Å². The molecule has 0 aliphatic heterocycles. The number of allylic oxidation sites excluding steroid dienone is 1. The second-order valence-corrected chi connectivity index (χ2v) is 7.99. The molecule has 10 heteroatoms. The van der Waals surface area contributed by atoms with Gasteiger partial charge >= 0.3 is 0 Å². The summed E-state index contributed by atoms with van der Waals surface area (Å²) in [6.07, 6.45) is 0.750. The summed E-state index contributed by atoms with van der Waals surface area (Å²) in [5, 5.41) is 10.8. The van der Waals surface area contributed by atoms with Gasteiger partial charge in [0, 0.05) is 23.9 Å². The zero-order valence-corrected chi connectivity index (χ0v) is 20.2. The van der Waals surface area contributed by atoms with Crippen molar-refractivity contribution in [3.63, 3.8) is 0 Å². The molecule has 0 saturated carbocycles. The van der Waals surface area contributed by atoms with Gasteiger partial charge in [0.05, 0.1) is 10.7 Å². The van der Waals surface area contributed by atoms with Crippen LogP contribution < -0.4 is 14.8 Å². The molecule has 0 spiro atoms. The van der Waals surface area contributed by atoms with Crippen molar-refractivity contribution in [1.29, 1.82) is 0 Å². The molecule has 1 amide bonds. The summed E-state index contributed by atoms with van der Waals surface area (Å²) >= 11 is 5.63. The number of hydrogen-bond donors (Lipinski definition) is 1. The highest BCUT2D eigenvalue weighted by molar-refractivity contribution is 6.30. The van der Waals surface area contributed by atoms with Crippen LogP contribution in [0.2, 0.25) is 5.02 Å². The minimum absolute atomic E-state index is 0.0124. The van der Waals surface area contributed by atoms with Crippen LogP contribution >= 0.6 is 11.6 Å². The SMILES string of the molecule is CCc1nc(C)ccc1OCc1nnc(/C(C)=C(/C)CNC(=O)COc2ccc(Cl)c(F)c2)o1. The number of amides is 1. The van der Waals surface area contributed by atoms with Crippen LogP contribution in [-0.2, 0) is 17.8 Å². The van der Waals surface area contributed by atoms with Gasteiger partial charge in [-0.05, 0) is 57.0 Å². The van der Waals surface area contributed by atoms with Crippen molar-refractivity contribution >= 4 is 23.1 Å². The molecule has 1 aromatic carbocycles. The molecule has 180 valence electrons. The normalized spacial score (nSPS) is 11.7. The lowest BCUT2D eigenvalue weighted by molar-refractivity contribution is -0.122. The monoisotopic (exact) mass is 488 g/mol. The highest BCUT2D eigenvalue weighted by Gasteiger charge is 2.13. The molecular formula is C24H26ClFN4O4. The van der Waals surface area contributed by atoms with Crippen molar-refractivity contribution in [2.45, 2.75) is 40.7 Å². The van der Waals surface area contributed by atoms with E-state index in [4.69, 9.17) is 25.5 Å². The largest absolute Gasteiger partial charge is 0.484 e. The van der Waals surface area contributed by atoms with E-state index in [1.54, 1.807) is 0 Å². The minimum atomic E-state index is -0.611. The smallest absolute Gasteiger partial charge is 0.258 e. The predicted molar refractivity (Wildman–Crippen MR) is 125 cm³/mol. The van der Waals surface area contributed by atoms with Crippen molar-refractivity contribution in [2.24, 2.45) is 0 Å². The number of benzene rings is 1. The van der Waals surface area contributed by atoms with Crippen LogP contribution in [0.3, 0.4) is 0 Å². The number of halogens is 2. The van der Waals surface area contributed by atoms with Gasteiger partial charge in [-0.1, -0.05) is 18.5 Å². The Labute approximate surface area is 202 Å². The molecule has 1 N–H and O–H groups in total. The third-order valence-corrected chi connectivity index (χ3v) is 5.30. The van der Waals surface area contributed by atoms with E-state index in [0.717, 1.165) is 35.0 Å². The van der Waals surface area contributed by atoms with Gasteiger partial charge in [-0.3, -0.25) is 9.78 Å². The summed E-state index contributed by atoms with van der Waals surface area (Å²) in [5.41, 5.74) is 3.37. The van der Waals surface area contributed by atoms with E-state index in [2.05, 4.69) is 20.5 Å². The average molecular weight is 489 g/mol. The third kappa shape index (κ3) is 6.77. The highest BCUT2D eigenvalue weighted by Crippen LogP contribution is 2.21. The van der Waals surface area contributed by atoms with Gasteiger partial charge in [0.1, 0.15) is 17.3 Å². The number of carbonyl (C=O) groups excluding carboxylic acids is 1. The van der Waals surface area contributed by atoms with Gasteiger partial charge in [0.2, 0.25) is 5.89 Å². The summed E-state index contributed by atoms with van der Waals surface area (Å²) in [6, 6.07) is 7.74. The number of carbonyl (C=O) groups is 1. The molecule has 0 saturated heterocycles. The topological polar surface area (TPSA) is 99.4 Å². The molecule has 0 aliphatic carbocycles. The fourth-order valence-electron chi connectivity index (χ4n) is 2.90. The zero-order chi connectivity index (χ0) is 24.7. The number of nitrogens with zero attached hydrogens (tertiary/aromatic N) is 3. The molecule has 0 bridgehead atoms. The van der Waals surface area contributed by atoms with Crippen LogP contribution in [0.25, 0.3) is 5.57 Å². The van der Waals surface area contributed by atoms with Crippen molar-refractivity contribution in [3.05, 3.63) is 69.9 Å². The lowest BCUT2D eigenvalue weighted by atomic mass is 10.1. The first kappa shape index (κ1) is 25.2. The lowest BCUT2D eigenvalue weighted by Crippen LogP contribution is -2.30. The maximum atomic E-state index is 13.4. The minimum Gasteiger partial charge on any atom is -0.484 e. The molecule has 2 aromatic heterocycles. The molecule has 0 radical (unpaired) electrons. The zero-order valence-electron chi connectivity index (χ0n) is 19.4. The number of rotatable bonds is 10. The fraction of sp³-hybridized carbons (Fsp3) is 0.333. The van der Waals surface area contributed by atoms with Gasteiger partial charge in [-0.15, -0.1) is 10.2 Å². The highest BCUT2D eigenvalue weighted by atomic mass is 35.5. The Morgan fingerprint density at radius 3 is 2.71 bits per heavy atom. The summed E-state index contributed by atoms with van der Waals surface area (Å²) in [5.74, 6) is 0.602. The van der Waals surface area contributed by atoms with Crippen molar-refractivity contribution < 1.29 is 23.1 Å². The standard InChI is InChI=1S/C24H26ClFN4O4/c1-5-20-21(9-6-15(3)28-20)33-13-23-29-30-24(34-23)16(4)14(2)11-27-22(31)12-32-17-7-8-18(25)19(26)10-17/h6-10H,5,11-13H2,1-4H3,(H,27,31)/b16-14-. The Bertz CT molecular complexity index is 1200. The lowest BCUT2D eigenvalue weighted by Gasteiger charge is -2.09. The van der Waals surface area contributed by atoms with Crippen LogP contribution in [0, 0.1) is 12.7 Å². The number of aryl methyl sites for hydroxylation is 2. The summed E-state index contributed by atoms with van der Waals surface area (Å²) < 4.78 is 30.2. The van der Waals surface area contributed by atoms with Crippen LogP contribution in [0.5, 0.6) is 11.5 Å². The number of hydrogen-bond acceptors (Lipinski definition) is 7. The first-order valence-corrected chi connectivity index (χ1v) is 11.1. The third-order valence-electron chi connectivity index (χ3n) is 5.00. The maximum absolute atomic E-state index is 13.4. The van der Waals surface area contributed by atoms with E-state index >= 15 is 0 Å². The predicted octanol–water partition coefficient (Wildman–Crippen LogP) is 4.70. The Hall–Kier alpha value is -3.46. The number of pyridine rings is 1. The molecule has 3 rings (SSSR count). The first-order valence-electron chi connectivity index (χ1n) is 10.7. The van der Waals surface area contributed by atoms with E-state index in [-0.39, 0.29) is 36.4 Å². The van der Waals surface area contributed by atoms with Gasteiger partial charge in [-0.25, -0.2) is 4.39 Å². The van der Waals surface area contributed by atoms with E-state index in [1.807, 2.05) is 39.8 Å². The van der Waals surface area contributed by atoms with Crippen LogP contribution in [0.4, 0.5) is 4.39 Å². The van der Waals surface area contributed by atoms with E-state index in [0.29, 0.717) is 17.5 Å². The molecule has 2 heterocycles. The van der Waals surface area contributed by atoms with Crippen LogP contribution in [0.1, 0.15) is 43.9 Å². The second-order valence-electron chi connectivity index (χ2n) is 7.59. The van der Waals surface area contributed by atoms with Crippen LogP contribution in [-0.4, -0.2) is 34.2 Å².